The maximum atomic E-state index is 11.7. The monoisotopic (exact) mass is 286 g/mol. The molecule has 5 nitrogen and oxygen atoms in total. The van der Waals surface area contributed by atoms with Gasteiger partial charge in [-0.25, -0.2) is 0 Å². The molecule has 0 saturated heterocycles. The molecule has 1 aromatic heterocycles. The SMILES string of the molecule is C=CC1=C(C)/C(=C/c2[nH]cc(CCC(=O)O)c2C)NC1=O. The van der Waals surface area contributed by atoms with Crippen LogP contribution in [0.15, 0.2) is 35.7 Å². The van der Waals surface area contributed by atoms with Crippen molar-refractivity contribution in [2.45, 2.75) is 26.7 Å². The first-order valence-corrected chi connectivity index (χ1v) is 6.69. The zero-order valence-corrected chi connectivity index (χ0v) is 12.1. The van der Waals surface area contributed by atoms with Crippen LogP contribution in [0.1, 0.15) is 30.2 Å². The van der Waals surface area contributed by atoms with Crippen LogP contribution in [0.5, 0.6) is 0 Å². The van der Waals surface area contributed by atoms with Crippen molar-refractivity contribution in [2.24, 2.45) is 0 Å². The van der Waals surface area contributed by atoms with E-state index in [9.17, 15) is 9.59 Å². The van der Waals surface area contributed by atoms with Crippen LogP contribution in [0, 0.1) is 6.92 Å². The second kappa shape index (κ2) is 5.83. The largest absolute Gasteiger partial charge is 0.481 e. The van der Waals surface area contributed by atoms with Crippen LogP contribution >= 0.6 is 0 Å². The highest BCUT2D eigenvalue weighted by Gasteiger charge is 2.22. The lowest BCUT2D eigenvalue weighted by Crippen LogP contribution is -2.15. The number of amides is 1. The topological polar surface area (TPSA) is 82.2 Å². The van der Waals surface area contributed by atoms with Crippen LogP contribution in [-0.4, -0.2) is 22.0 Å². The third-order valence-corrected chi connectivity index (χ3v) is 3.69. The minimum atomic E-state index is -0.812. The number of allylic oxidation sites excluding steroid dienone is 1. The van der Waals surface area contributed by atoms with E-state index in [4.69, 9.17) is 5.11 Å². The van der Waals surface area contributed by atoms with Crippen molar-refractivity contribution in [3.8, 4) is 0 Å². The fourth-order valence-electron chi connectivity index (χ4n) is 2.34. The van der Waals surface area contributed by atoms with Crippen molar-refractivity contribution in [3.05, 3.63) is 52.5 Å². The summed E-state index contributed by atoms with van der Waals surface area (Å²) < 4.78 is 0. The number of carboxylic acids is 1. The van der Waals surface area contributed by atoms with Crippen molar-refractivity contribution in [3.63, 3.8) is 0 Å². The predicted octanol–water partition coefficient (Wildman–Crippen LogP) is 2.31. The van der Waals surface area contributed by atoms with Crippen molar-refractivity contribution < 1.29 is 14.7 Å². The third-order valence-electron chi connectivity index (χ3n) is 3.69. The van der Waals surface area contributed by atoms with Gasteiger partial charge < -0.3 is 15.4 Å². The van der Waals surface area contributed by atoms with Gasteiger partial charge in [-0.1, -0.05) is 12.7 Å². The Morgan fingerprint density at radius 1 is 1.43 bits per heavy atom. The Bertz CT molecular complexity index is 678. The van der Waals surface area contributed by atoms with E-state index in [1.54, 1.807) is 6.08 Å². The Labute approximate surface area is 123 Å². The van der Waals surface area contributed by atoms with Crippen molar-refractivity contribution >= 4 is 18.0 Å². The lowest BCUT2D eigenvalue weighted by atomic mass is 10.1. The molecule has 5 heteroatoms. The van der Waals surface area contributed by atoms with E-state index in [1.165, 1.54) is 0 Å². The van der Waals surface area contributed by atoms with Crippen LogP contribution in [0.3, 0.4) is 0 Å². The van der Waals surface area contributed by atoms with Crippen LogP contribution in [-0.2, 0) is 16.0 Å². The van der Waals surface area contributed by atoms with Crippen molar-refractivity contribution in [2.75, 3.05) is 0 Å². The van der Waals surface area contributed by atoms with Gasteiger partial charge in [-0.2, -0.15) is 0 Å². The third kappa shape index (κ3) is 2.97. The van der Waals surface area contributed by atoms with E-state index in [1.807, 2.05) is 26.1 Å². The Kier molecular flexibility index (Phi) is 4.12. The smallest absolute Gasteiger partial charge is 0.303 e. The van der Waals surface area contributed by atoms with E-state index in [-0.39, 0.29) is 12.3 Å². The predicted molar refractivity (Wildman–Crippen MR) is 80.5 cm³/mol. The molecule has 0 radical (unpaired) electrons. The molecule has 0 fully saturated rings. The number of carboxylic acid groups (broad SMARTS) is 1. The summed E-state index contributed by atoms with van der Waals surface area (Å²) in [5.74, 6) is -0.961. The highest BCUT2D eigenvalue weighted by molar-refractivity contribution is 6.03. The molecule has 110 valence electrons. The molecular weight excluding hydrogens is 268 g/mol. The van der Waals surface area contributed by atoms with Gasteiger partial charge >= 0.3 is 5.97 Å². The zero-order chi connectivity index (χ0) is 15.6. The Morgan fingerprint density at radius 3 is 2.71 bits per heavy atom. The van der Waals surface area contributed by atoms with Gasteiger partial charge in [0.2, 0.25) is 0 Å². The minimum absolute atomic E-state index is 0.102. The summed E-state index contributed by atoms with van der Waals surface area (Å²) in [5.41, 5.74) is 5.02. The molecule has 1 aliphatic heterocycles. The summed E-state index contributed by atoms with van der Waals surface area (Å²) in [6, 6.07) is 0. The number of aromatic amines is 1. The summed E-state index contributed by atoms with van der Waals surface area (Å²) in [4.78, 5) is 25.5. The number of carbonyl (C=O) groups excluding carboxylic acids is 1. The highest BCUT2D eigenvalue weighted by atomic mass is 16.4. The highest BCUT2D eigenvalue weighted by Crippen LogP contribution is 2.24. The molecule has 2 rings (SSSR count). The van der Waals surface area contributed by atoms with E-state index < -0.39 is 5.97 Å². The first-order valence-electron chi connectivity index (χ1n) is 6.69. The van der Waals surface area contributed by atoms with Gasteiger partial charge in [0.1, 0.15) is 0 Å². The summed E-state index contributed by atoms with van der Waals surface area (Å²) in [5, 5.41) is 11.5. The molecular formula is C16H18N2O3. The Hall–Kier alpha value is -2.56. The van der Waals surface area contributed by atoms with E-state index in [2.05, 4.69) is 16.9 Å². The number of hydrogen-bond acceptors (Lipinski definition) is 2. The molecule has 1 aliphatic rings. The molecule has 2 heterocycles. The van der Waals surface area contributed by atoms with Crippen molar-refractivity contribution in [1.29, 1.82) is 0 Å². The van der Waals surface area contributed by atoms with Gasteiger partial charge in [-0.15, -0.1) is 0 Å². The number of hydrogen-bond donors (Lipinski definition) is 3. The normalized spacial score (nSPS) is 16.5. The second-order valence-electron chi connectivity index (χ2n) is 5.00. The Morgan fingerprint density at radius 2 is 2.14 bits per heavy atom. The quantitative estimate of drug-likeness (QED) is 0.777. The minimum Gasteiger partial charge on any atom is -0.481 e. The maximum Gasteiger partial charge on any atom is 0.303 e. The number of nitrogens with one attached hydrogen (secondary N) is 2. The van der Waals surface area contributed by atoms with Crippen LogP contribution in [0.25, 0.3) is 6.08 Å². The number of aryl methyl sites for hydroxylation is 1. The molecule has 1 amide bonds. The molecule has 1 aromatic rings. The molecule has 0 aliphatic carbocycles. The fraction of sp³-hybridized carbons (Fsp3) is 0.250. The van der Waals surface area contributed by atoms with Gasteiger partial charge in [0.05, 0.1) is 0 Å². The Balaban J connectivity index is 2.27. The van der Waals surface area contributed by atoms with E-state index in [0.29, 0.717) is 12.0 Å². The molecule has 0 aromatic carbocycles. The maximum absolute atomic E-state index is 11.7. The van der Waals surface area contributed by atoms with Gasteiger partial charge in [-0.3, -0.25) is 9.59 Å². The summed E-state index contributed by atoms with van der Waals surface area (Å²) in [7, 11) is 0. The lowest BCUT2D eigenvalue weighted by Gasteiger charge is -2.01. The number of aromatic nitrogens is 1. The van der Waals surface area contributed by atoms with Gasteiger partial charge in [-0.05, 0) is 43.0 Å². The van der Waals surface area contributed by atoms with Crippen molar-refractivity contribution in [1.82, 2.24) is 10.3 Å². The van der Waals surface area contributed by atoms with Crippen LogP contribution in [0.4, 0.5) is 0 Å². The molecule has 3 N–H and O–H groups in total. The van der Waals surface area contributed by atoms with Gasteiger partial charge in [0.25, 0.3) is 5.91 Å². The number of rotatable bonds is 5. The van der Waals surface area contributed by atoms with E-state index >= 15 is 0 Å². The first-order chi connectivity index (χ1) is 9.93. The number of aliphatic carboxylic acids is 1. The lowest BCUT2D eigenvalue weighted by molar-refractivity contribution is -0.137. The van der Waals surface area contributed by atoms with Gasteiger partial charge in [0.15, 0.2) is 0 Å². The summed E-state index contributed by atoms with van der Waals surface area (Å²) in [6.07, 6.45) is 5.81. The average molecular weight is 286 g/mol. The van der Waals surface area contributed by atoms with Crippen LogP contribution in [0.2, 0.25) is 0 Å². The number of carbonyl (C=O) groups is 2. The molecule has 0 unspecified atom stereocenters. The second-order valence-corrected chi connectivity index (χ2v) is 5.00. The average Bonchev–Trinajstić information content (AvgIpc) is 2.90. The first kappa shape index (κ1) is 14.8. The van der Waals surface area contributed by atoms with Crippen LogP contribution < -0.4 is 5.32 Å². The zero-order valence-electron chi connectivity index (χ0n) is 12.1. The molecule has 0 atom stereocenters. The molecule has 0 saturated carbocycles. The van der Waals surface area contributed by atoms with E-state index in [0.717, 1.165) is 28.1 Å². The molecule has 0 spiro atoms. The molecule has 0 bridgehead atoms. The fourth-order valence-corrected chi connectivity index (χ4v) is 2.34. The number of H-pyrrole nitrogens is 1. The molecule has 21 heavy (non-hydrogen) atoms. The standard InChI is InChI=1S/C16H18N2O3/c1-4-12-10(3)14(18-16(12)21)7-13-9(2)11(8-17-13)5-6-15(19)20/h4,7-8,17H,1,5-6H2,2-3H3,(H,18,21)(H,19,20)/b14-7-. The summed E-state index contributed by atoms with van der Waals surface area (Å²) >= 11 is 0. The van der Waals surface area contributed by atoms with Gasteiger partial charge in [0, 0.05) is 29.6 Å². The summed E-state index contributed by atoms with van der Waals surface area (Å²) in [6.45, 7) is 7.44.